The molecule has 1 aromatic carbocycles. The molecule has 1 N–H and O–H groups in total. The Balaban J connectivity index is 1.76. The Bertz CT molecular complexity index is 697. The van der Waals surface area contributed by atoms with Crippen molar-refractivity contribution in [1.29, 1.82) is 0 Å². The lowest BCUT2D eigenvalue weighted by Crippen LogP contribution is -2.28. The van der Waals surface area contributed by atoms with Crippen LogP contribution in [0.3, 0.4) is 0 Å². The van der Waals surface area contributed by atoms with Crippen LogP contribution >= 0.6 is 0 Å². The first-order chi connectivity index (χ1) is 10.9. The number of anilines is 1. The predicted octanol–water partition coefficient (Wildman–Crippen LogP) is 3.82. The summed E-state index contributed by atoms with van der Waals surface area (Å²) in [5.41, 5.74) is 0.352. The van der Waals surface area contributed by atoms with Gasteiger partial charge in [0.2, 0.25) is 0 Å². The van der Waals surface area contributed by atoms with Gasteiger partial charge in [-0.2, -0.15) is 13.2 Å². The molecule has 2 heterocycles. The number of benzene rings is 1. The Labute approximate surface area is 131 Å². The van der Waals surface area contributed by atoms with E-state index in [4.69, 9.17) is 9.47 Å². The van der Waals surface area contributed by atoms with Crippen LogP contribution in [0.4, 0.5) is 18.9 Å². The number of halogens is 3. The molecule has 4 nitrogen and oxygen atoms in total. The van der Waals surface area contributed by atoms with Gasteiger partial charge < -0.3 is 14.8 Å². The Morgan fingerprint density at radius 3 is 2.65 bits per heavy atom. The number of alkyl halides is 3. The van der Waals surface area contributed by atoms with Crippen molar-refractivity contribution in [2.45, 2.75) is 25.3 Å². The maximum Gasteiger partial charge on any atom is 0.416 e. The van der Waals surface area contributed by atoms with Crippen LogP contribution in [0, 0.1) is 0 Å². The molecule has 0 unspecified atom stereocenters. The number of hydrogen-bond donors (Lipinski definition) is 1. The fourth-order valence-corrected chi connectivity index (χ4v) is 2.60. The van der Waals surface area contributed by atoms with Crippen molar-refractivity contribution in [3.63, 3.8) is 0 Å². The number of nitrogens with one attached hydrogen (secondary N) is 1. The maximum atomic E-state index is 12.8. The first-order valence-electron chi connectivity index (χ1n) is 7.35. The van der Waals surface area contributed by atoms with Gasteiger partial charge in [0.1, 0.15) is 0 Å². The standard InChI is InChI=1S/C16H17F3N2O2/c1-15(22-8-9-23-15)5-7-21-13-4-6-20-14-10-11(16(17,18)19)2-3-12(13)14/h2-4,6,10H,5,7-9H2,1H3,(H,20,21). The van der Waals surface area contributed by atoms with Crippen LogP contribution in [0.25, 0.3) is 10.9 Å². The molecule has 7 heteroatoms. The third-order valence-corrected chi connectivity index (χ3v) is 3.86. The first-order valence-corrected chi connectivity index (χ1v) is 7.35. The van der Waals surface area contributed by atoms with Gasteiger partial charge in [-0.05, 0) is 25.1 Å². The van der Waals surface area contributed by atoms with E-state index in [1.807, 2.05) is 6.92 Å². The van der Waals surface area contributed by atoms with Gasteiger partial charge in [-0.15, -0.1) is 0 Å². The minimum Gasteiger partial charge on any atom is -0.384 e. The molecular formula is C16H17F3N2O2. The van der Waals surface area contributed by atoms with Gasteiger partial charge >= 0.3 is 6.18 Å². The second kappa shape index (κ2) is 5.98. The average molecular weight is 326 g/mol. The zero-order chi connectivity index (χ0) is 16.5. The van der Waals surface area contributed by atoms with Crippen molar-refractivity contribution in [1.82, 2.24) is 4.98 Å². The van der Waals surface area contributed by atoms with E-state index < -0.39 is 17.5 Å². The minimum absolute atomic E-state index is 0.310. The normalized spacial score (nSPS) is 17.6. The third kappa shape index (κ3) is 3.56. The van der Waals surface area contributed by atoms with Gasteiger partial charge in [-0.3, -0.25) is 4.98 Å². The molecule has 0 spiro atoms. The molecule has 3 rings (SSSR count). The topological polar surface area (TPSA) is 43.4 Å². The fourth-order valence-electron chi connectivity index (χ4n) is 2.60. The highest BCUT2D eigenvalue weighted by atomic mass is 19.4. The third-order valence-electron chi connectivity index (χ3n) is 3.86. The molecule has 1 aromatic heterocycles. The average Bonchev–Trinajstić information content (AvgIpc) is 2.93. The zero-order valence-corrected chi connectivity index (χ0v) is 12.6. The fraction of sp³-hybridized carbons (Fsp3) is 0.438. The Hall–Kier alpha value is -1.86. The van der Waals surface area contributed by atoms with Crippen molar-refractivity contribution in [2.24, 2.45) is 0 Å². The summed E-state index contributed by atoms with van der Waals surface area (Å²) in [5.74, 6) is -0.598. The van der Waals surface area contributed by atoms with Gasteiger partial charge in [0.05, 0.1) is 24.3 Å². The van der Waals surface area contributed by atoms with Gasteiger partial charge in [0, 0.05) is 30.2 Å². The van der Waals surface area contributed by atoms with E-state index in [0.717, 1.165) is 17.8 Å². The molecule has 0 amide bonds. The number of pyridine rings is 1. The van der Waals surface area contributed by atoms with E-state index in [9.17, 15) is 13.2 Å². The molecule has 1 fully saturated rings. The molecule has 0 bridgehead atoms. The molecule has 1 aliphatic rings. The molecule has 1 aliphatic heterocycles. The summed E-state index contributed by atoms with van der Waals surface area (Å²) >= 11 is 0. The van der Waals surface area contributed by atoms with E-state index in [-0.39, 0.29) is 0 Å². The summed E-state index contributed by atoms with van der Waals surface area (Å²) in [6.45, 7) is 3.61. The van der Waals surface area contributed by atoms with Crippen LogP contribution < -0.4 is 5.32 Å². The Kier molecular flexibility index (Phi) is 4.16. The number of rotatable bonds is 4. The lowest BCUT2D eigenvalue weighted by molar-refractivity contribution is -0.144. The van der Waals surface area contributed by atoms with Crippen LogP contribution in [0.5, 0.6) is 0 Å². The van der Waals surface area contributed by atoms with Crippen LogP contribution in [0.15, 0.2) is 30.5 Å². The van der Waals surface area contributed by atoms with E-state index in [1.165, 1.54) is 12.3 Å². The van der Waals surface area contributed by atoms with E-state index in [0.29, 0.717) is 37.1 Å². The number of hydrogen-bond acceptors (Lipinski definition) is 4. The van der Waals surface area contributed by atoms with Crippen molar-refractivity contribution >= 4 is 16.6 Å². The lowest BCUT2D eigenvalue weighted by atomic mass is 10.1. The first kappa shape index (κ1) is 16.0. The van der Waals surface area contributed by atoms with Crippen molar-refractivity contribution in [3.8, 4) is 0 Å². The van der Waals surface area contributed by atoms with E-state index >= 15 is 0 Å². The maximum absolute atomic E-state index is 12.8. The van der Waals surface area contributed by atoms with Gasteiger partial charge in [0.25, 0.3) is 0 Å². The molecule has 23 heavy (non-hydrogen) atoms. The molecule has 0 saturated carbocycles. The molecule has 0 atom stereocenters. The summed E-state index contributed by atoms with van der Waals surface area (Å²) < 4.78 is 49.3. The lowest BCUT2D eigenvalue weighted by Gasteiger charge is -2.22. The Morgan fingerprint density at radius 1 is 1.22 bits per heavy atom. The number of fused-ring (bicyclic) bond motifs is 1. The summed E-state index contributed by atoms with van der Waals surface area (Å²) in [6, 6.07) is 5.32. The molecule has 2 aromatic rings. The zero-order valence-electron chi connectivity index (χ0n) is 12.6. The van der Waals surface area contributed by atoms with Crippen molar-refractivity contribution in [2.75, 3.05) is 25.1 Å². The summed E-state index contributed by atoms with van der Waals surface area (Å²) in [6.07, 6.45) is -2.24. The highest BCUT2D eigenvalue weighted by Crippen LogP contribution is 2.32. The molecule has 1 saturated heterocycles. The molecule has 124 valence electrons. The monoisotopic (exact) mass is 326 g/mol. The quantitative estimate of drug-likeness (QED) is 0.928. The van der Waals surface area contributed by atoms with Gasteiger partial charge in [-0.1, -0.05) is 6.07 Å². The largest absolute Gasteiger partial charge is 0.416 e. The second-order valence-electron chi connectivity index (χ2n) is 5.60. The van der Waals surface area contributed by atoms with E-state index in [2.05, 4.69) is 10.3 Å². The van der Waals surface area contributed by atoms with E-state index in [1.54, 1.807) is 6.07 Å². The van der Waals surface area contributed by atoms with Crippen molar-refractivity contribution in [3.05, 3.63) is 36.0 Å². The summed E-state index contributed by atoms with van der Waals surface area (Å²) in [7, 11) is 0. The summed E-state index contributed by atoms with van der Waals surface area (Å²) in [4.78, 5) is 4.03. The Morgan fingerprint density at radius 2 is 1.96 bits per heavy atom. The highest BCUT2D eigenvalue weighted by molar-refractivity contribution is 5.91. The molecular weight excluding hydrogens is 309 g/mol. The van der Waals surface area contributed by atoms with Gasteiger partial charge in [-0.25, -0.2) is 0 Å². The van der Waals surface area contributed by atoms with Crippen LogP contribution in [0.1, 0.15) is 18.9 Å². The van der Waals surface area contributed by atoms with Crippen LogP contribution in [-0.4, -0.2) is 30.5 Å². The number of ether oxygens (including phenoxy) is 2. The smallest absolute Gasteiger partial charge is 0.384 e. The second-order valence-corrected chi connectivity index (χ2v) is 5.60. The molecule has 0 aliphatic carbocycles. The van der Waals surface area contributed by atoms with Crippen LogP contribution in [0.2, 0.25) is 0 Å². The van der Waals surface area contributed by atoms with Crippen LogP contribution in [-0.2, 0) is 15.7 Å². The number of aromatic nitrogens is 1. The van der Waals surface area contributed by atoms with Crippen molar-refractivity contribution < 1.29 is 22.6 Å². The van der Waals surface area contributed by atoms with Gasteiger partial charge in [0.15, 0.2) is 5.79 Å². The summed E-state index contributed by atoms with van der Waals surface area (Å²) in [5, 5.41) is 3.87. The SMILES string of the molecule is CC1(CCNc2ccnc3cc(C(F)(F)F)ccc23)OCCO1. The minimum atomic E-state index is -4.37. The number of nitrogens with zero attached hydrogens (tertiary/aromatic N) is 1. The molecule has 0 radical (unpaired) electrons. The predicted molar refractivity (Wildman–Crippen MR) is 80.2 cm³/mol. The highest BCUT2D eigenvalue weighted by Gasteiger charge is 2.31.